The van der Waals surface area contributed by atoms with E-state index in [1.165, 1.54) is 45.1 Å². The zero-order chi connectivity index (χ0) is 13.7. The van der Waals surface area contributed by atoms with E-state index in [2.05, 4.69) is 24.2 Å². The van der Waals surface area contributed by atoms with Crippen LogP contribution < -0.4 is 5.32 Å². The Morgan fingerprint density at radius 2 is 2.00 bits per heavy atom. The first-order chi connectivity index (χ1) is 9.13. The molecule has 0 unspecified atom stereocenters. The first kappa shape index (κ1) is 14.8. The number of hydrogen-bond acceptors (Lipinski definition) is 2. The summed E-state index contributed by atoms with van der Waals surface area (Å²) in [5.41, 5.74) is 0. The van der Waals surface area contributed by atoms with Gasteiger partial charge in [-0.15, -0.1) is 0 Å². The second-order valence-electron chi connectivity index (χ2n) is 6.92. The highest BCUT2D eigenvalue weighted by molar-refractivity contribution is 5.76. The van der Waals surface area contributed by atoms with E-state index in [1.807, 2.05) is 0 Å². The van der Waals surface area contributed by atoms with Gasteiger partial charge >= 0.3 is 0 Å². The third-order valence-corrected chi connectivity index (χ3v) is 4.83. The van der Waals surface area contributed by atoms with Crippen molar-refractivity contribution in [3.05, 3.63) is 0 Å². The molecule has 2 fully saturated rings. The second-order valence-corrected chi connectivity index (χ2v) is 6.92. The Morgan fingerprint density at radius 1 is 1.21 bits per heavy atom. The van der Waals surface area contributed by atoms with Crippen LogP contribution in [0.5, 0.6) is 0 Å². The first-order valence-corrected chi connectivity index (χ1v) is 8.08. The topological polar surface area (TPSA) is 32.3 Å². The van der Waals surface area contributed by atoms with Gasteiger partial charge in [0.1, 0.15) is 0 Å². The lowest BCUT2D eigenvalue weighted by molar-refractivity contribution is -0.122. The Kier molecular flexibility index (Phi) is 5.68. The lowest BCUT2D eigenvalue weighted by atomic mass is 9.81. The minimum Gasteiger partial charge on any atom is -0.356 e. The summed E-state index contributed by atoms with van der Waals surface area (Å²) in [5, 5.41) is 3.17. The van der Waals surface area contributed by atoms with Gasteiger partial charge in [-0.1, -0.05) is 19.8 Å². The maximum atomic E-state index is 12.0. The quantitative estimate of drug-likeness (QED) is 0.848. The highest BCUT2D eigenvalue weighted by Crippen LogP contribution is 2.30. The van der Waals surface area contributed by atoms with E-state index in [0.717, 1.165) is 25.4 Å². The lowest BCUT2D eigenvalue weighted by Crippen LogP contribution is -2.39. The van der Waals surface area contributed by atoms with Crippen molar-refractivity contribution >= 4 is 5.91 Å². The van der Waals surface area contributed by atoms with Crippen LogP contribution in [0.4, 0.5) is 0 Å². The third-order valence-electron chi connectivity index (χ3n) is 4.83. The first-order valence-electron chi connectivity index (χ1n) is 8.08. The van der Waals surface area contributed by atoms with Crippen molar-refractivity contribution in [3.63, 3.8) is 0 Å². The van der Waals surface area contributed by atoms with Crippen LogP contribution in [0, 0.1) is 17.8 Å². The molecule has 0 aromatic heterocycles. The predicted molar refractivity (Wildman–Crippen MR) is 79.0 cm³/mol. The summed E-state index contributed by atoms with van der Waals surface area (Å²) in [6.45, 7) is 5.55. The van der Waals surface area contributed by atoms with E-state index in [1.54, 1.807) is 0 Å². The highest BCUT2D eigenvalue weighted by atomic mass is 16.1. The Bertz CT molecular complexity index is 292. The molecule has 1 aliphatic heterocycles. The molecular weight excluding hydrogens is 236 g/mol. The number of nitrogens with zero attached hydrogens (tertiary/aromatic N) is 1. The molecule has 3 atom stereocenters. The second kappa shape index (κ2) is 7.28. The van der Waals surface area contributed by atoms with Gasteiger partial charge in [0.25, 0.3) is 0 Å². The van der Waals surface area contributed by atoms with Gasteiger partial charge in [-0.05, 0) is 57.0 Å². The molecule has 3 heteroatoms. The van der Waals surface area contributed by atoms with Gasteiger partial charge < -0.3 is 10.2 Å². The normalized spacial score (nSPS) is 33.1. The van der Waals surface area contributed by atoms with E-state index in [-0.39, 0.29) is 5.91 Å². The Morgan fingerprint density at radius 3 is 2.74 bits per heavy atom. The molecular formula is C16H30N2O. The molecule has 0 aromatic carbocycles. The van der Waals surface area contributed by atoms with Crippen LogP contribution in [-0.4, -0.2) is 37.5 Å². The number of carbonyl (C=O) groups excluding carboxylic acids is 1. The summed E-state index contributed by atoms with van der Waals surface area (Å²) in [6.07, 6.45) is 8.47. The van der Waals surface area contributed by atoms with Gasteiger partial charge in [-0.3, -0.25) is 4.79 Å². The maximum absolute atomic E-state index is 12.0. The van der Waals surface area contributed by atoms with Gasteiger partial charge in [0.15, 0.2) is 0 Å². The van der Waals surface area contributed by atoms with E-state index in [0.29, 0.717) is 11.8 Å². The molecule has 1 saturated heterocycles. The van der Waals surface area contributed by atoms with Crippen molar-refractivity contribution in [1.29, 1.82) is 0 Å². The van der Waals surface area contributed by atoms with Crippen molar-refractivity contribution in [1.82, 2.24) is 10.2 Å². The number of likely N-dealkylation sites (tertiary alicyclic amines) is 1. The molecule has 1 saturated carbocycles. The molecule has 0 radical (unpaired) electrons. The fourth-order valence-corrected chi connectivity index (χ4v) is 3.78. The Labute approximate surface area is 118 Å². The number of piperidine rings is 1. The van der Waals surface area contributed by atoms with Crippen molar-refractivity contribution in [2.45, 2.75) is 51.9 Å². The van der Waals surface area contributed by atoms with E-state index >= 15 is 0 Å². The number of amides is 1. The summed E-state index contributed by atoms with van der Waals surface area (Å²) in [4.78, 5) is 14.4. The molecule has 0 aromatic rings. The van der Waals surface area contributed by atoms with Crippen molar-refractivity contribution in [2.24, 2.45) is 17.8 Å². The minimum atomic E-state index is 0.285. The molecule has 2 aliphatic rings. The van der Waals surface area contributed by atoms with Crippen molar-refractivity contribution in [3.8, 4) is 0 Å². The monoisotopic (exact) mass is 266 g/mol. The average Bonchev–Trinajstić information content (AvgIpc) is 2.36. The highest BCUT2D eigenvalue weighted by Gasteiger charge is 2.22. The molecule has 1 heterocycles. The number of rotatable bonds is 4. The number of nitrogens with one attached hydrogen (secondary N) is 1. The van der Waals surface area contributed by atoms with Gasteiger partial charge in [0, 0.05) is 19.5 Å². The lowest BCUT2D eigenvalue weighted by Gasteiger charge is -2.30. The van der Waals surface area contributed by atoms with Gasteiger partial charge in [-0.25, -0.2) is 0 Å². The largest absolute Gasteiger partial charge is 0.356 e. The summed E-state index contributed by atoms with van der Waals surface area (Å²) >= 11 is 0. The molecule has 0 bridgehead atoms. The average molecular weight is 266 g/mol. The van der Waals surface area contributed by atoms with Crippen LogP contribution in [-0.2, 0) is 4.79 Å². The summed E-state index contributed by atoms with van der Waals surface area (Å²) < 4.78 is 0. The Hall–Kier alpha value is -0.570. The molecule has 1 amide bonds. The minimum absolute atomic E-state index is 0.285. The molecule has 1 N–H and O–H groups in total. The van der Waals surface area contributed by atoms with Crippen LogP contribution in [0.15, 0.2) is 0 Å². The fraction of sp³-hybridized carbons (Fsp3) is 0.938. The summed E-state index contributed by atoms with van der Waals surface area (Å²) in [6, 6.07) is 0. The van der Waals surface area contributed by atoms with Crippen LogP contribution in [0.25, 0.3) is 0 Å². The standard InChI is InChI=1S/C16H30N2O/c1-13-5-3-6-14(9-13)10-16(19)17-11-15-7-4-8-18(2)12-15/h13-15H,3-12H2,1-2H3,(H,17,19)/t13-,14+,15+/m1/s1. The summed E-state index contributed by atoms with van der Waals surface area (Å²) in [5.74, 6) is 2.40. The van der Waals surface area contributed by atoms with Crippen LogP contribution >= 0.6 is 0 Å². The number of hydrogen-bond donors (Lipinski definition) is 1. The van der Waals surface area contributed by atoms with Crippen LogP contribution in [0.1, 0.15) is 51.9 Å². The van der Waals surface area contributed by atoms with Crippen molar-refractivity contribution in [2.75, 3.05) is 26.7 Å². The predicted octanol–water partition coefficient (Wildman–Crippen LogP) is 2.66. The zero-order valence-electron chi connectivity index (χ0n) is 12.7. The number of carbonyl (C=O) groups is 1. The molecule has 2 rings (SSSR count). The molecule has 3 nitrogen and oxygen atoms in total. The van der Waals surface area contributed by atoms with Gasteiger partial charge in [0.05, 0.1) is 0 Å². The molecule has 19 heavy (non-hydrogen) atoms. The SMILES string of the molecule is C[C@@H]1CCC[C@H](CC(=O)NC[C@@H]2CCCN(C)C2)C1. The van der Waals surface area contributed by atoms with E-state index in [4.69, 9.17) is 0 Å². The molecule has 110 valence electrons. The third kappa shape index (κ3) is 5.13. The van der Waals surface area contributed by atoms with Gasteiger partial charge in [-0.2, -0.15) is 0 Å². The van der Waals surface area contributed by atoms with Gasteiger partial charge in [0.2, 0.25) is 5.91 Å². The molecule has 1 aliphatic carbocycles. The van der Waals surface area contributed by atoms with E-state index in [9.17, 15) is 4.79 Å². The fourth-order valence-electron chi connectivity index (χ4n) is 3.78. The van der Waals surface area contributed by atoms with E-state index < -0.39 is 0 Å². The zero-order valence-corrected chi connectivity index (χ0v) is 12.7. The van der Waals surface area contributed by atoms with Crippen LogP contribution in [0.2, 0.25) is 0 Å². The smallest absolute Gasteiger partial charge is 0.220 e. The maximum Gasteiger partial charge on any atom is 0.220 e. The van der Waals surface area contributed by atoms with Crippen LogP contribution in [0.3, 0.4) is 0 Å². The Balaban J connectivity index is 1.63. The van der Waals surface area contributed by atoms with Crippen molar-refractivity contribution < 1.29 is 4.79 Å². The summed E-state index contributed by atoms with van der Waals surface area (Å²) in [7, 11) is 2.18. The molecule has 0 spiro atoms.